The number of anilines is 1. The number of nitrogens with two attached hydrogens (primary N) is 2. The molecule has 0 bridgehead atoms. The van der Waals surface area contributed by atoms with Crippen LogP contribution >= 0.6 is 11.8 Å². The molecule has 94 valence electrons. The smallest absolute Gasteiger partial charge is 0.255 e. The van der Waals surface area contributed by atoms with Gasteiger partial charge in [-0.05, 0) is 24.3 Å². The first-order chi connectivity index (χ1) is 8.72. The quantitative estimate of drug-likeness (QED) is 0.645. The van der Waals surface area contributed by atoms with Crippen molar-refractivity contribution in [1.82, 2.24) is 4.57 Å². The van der Waals surface area contributed by atoms with E-state index in [0.29, 0.717) is 12.2 Å². The van der Waals surface area contributed by atoms with Crippen LogP contribution in [0.25, 0.3) is 5.69 Å². The summed E-state index contributed by atoms with van der Waals surface area (Å²) < 4.78 is 1.59. The standard InChI is InChI=1S/C13H15N3OS/c14-6-8-18-12-9-10(4-5-11(12)15)16-7-2-1-3-13(16)17/h1-5,7,9H,6,8,14-15H2. The molecule has 5 heteroatoms. The number of nitrogens with zero attached hydrogens (tertiary/aromatic N) is 1. The van der Waals surface area contributed by atoms with Crippen molar-refractivity contribution < 1.29 is 0 Å². The number of rotatable bonds is 4. The zero-order chi connectivity index (χ0) is 13.0. The number of hydrogen-bond acceptors (Lipinski definition) is 4. The van der Waals surface area contributed by atoms with Gasteiger partial charge in [-0.3, -0.25) is 9.36 Å². The molecular weight excluding hydrogens is 246 g/mol. The van der Waals surface area contributed by atoms with Crippen molar-refractivity contribution in [2.45, 2.75) is 4.90 Å². The maximum atomic E-state index is 11.7. The molecular formula is C13H15N3OS. The molecule has 0 aliphatic carbocycles. The van der Waals surface area contributed by atoms with Crippen LogP contribution in [0.2, 0.25) is 0 Å². The fraction of sp³-hybridized carbons (Fsp3) is 0.154. The second kappa shape index (κ2) is 5.75. The Morgan fingerprint density at radius 3 is 2.78 bits per heavy atom. The van der Waals surface area contributed by atoms with E-state index in [1.165, 1.54) is 6.07 Å². The Morgan fingerprint density at radius 1 is 1.22 bits per heavy atom. The minimum atomic E-state index is -0.0583. The normalized spacial score (nSPS) is 10.5. The predicted molar refractivity (Wildman–Crippen MR) is 76.2 cm³/mol. The van der Waals surface area contributed by atoms with Crippen LogP contribution in [-0.4, -0.2) is 16.9 Å². The summed E-state index contributed by atoms with van der Waals surface area (Å²) in [4.78, 5) is 12.7. The molecule has 0 amide bonds. The molecule has 2 rings (SSSR count). The molecule has 0 atom stereocenters. The molecule has 0 spiro atoms. The Morgan fingerprint density at radius 2 is 2.06 bits per heavy atom. The Kier molecular flexibility index (Phi) is 4.07. The van der Waals surface area contributed by atoms with E-state index >= 15 is 0 Å². The minimum absolute atomic E-state index is 0.0583. The largest absolute Gasteiger partial charge is 0.398 e. The number of thioether (sulfide) groups is 1. The van der Waals surface area contributed by atoms with Gasteiger partial charge in [0.2, 0.25) is 0 Å². The van der Waals surface area contributed by atoms with E-state index < -0.39 is 0 Å². The lowest BCUT2D eigenvalue weighted by molar-refractivity contribution is 0.985. The van der Waals surface area contributed by atoms with Crippen LogP contribution in [0.4, 0.5) is 5.69 Å². The first kappa shape index (κ1) is 12.7. The van der Waals surface area contributed by atoms with Crippen molar-refractivity contribution in [1.29, 1.82) is 0 Å². The molecule has 18 heavy (non-hydrogen) atoms. The van der Waals surface area contributed by atoms with Gasteiger partial charge < -0.3 is 11.5 Å². The average molecular weight is 261 g/mol. The molecule has 4 nitrogen and oxygen atoms in total. The van der Waals surface area contributed by atoms with E-state index in [1.54, 1.807) is 28.6 Å². The van der Waals surface area contributed by atoms with Gasteiger partial charge in [0.25, 0.3) is 5.56 Å². The Bertz CT molecular complexity index is 595. The van der Waals surface area contributed by atoms with Crippen LogP contribution in [0.5, 0.6) is 0 Å². The van der Waals surface area contributed by atoms with E-state index in [0.717, 1.165) is 16.3 Å². The first-order valence-corrected chi connectivity index (χ1v) is 6.61. The van der Waals surface area contributed by atoms with Crippen LogP contribution < -0.4 is 17.0 Å². The van der Waals surface area contributed by atoms with E-state index in [-0.39, 0.29) is 5.56 Å². The summed E-state index contributed by atoms with van der Waals surface area (Å²) in [5.41, 5.74) is 12.8. The predicted octanol–water partition coefficient (Wildman–Crippen LogP) is 1.47. The van der Waals surface area contributed by atoms with Crippen LogP contribution in [0.15, 0.2) is 52.3 Å². The highest BCUT2D eigenvalue weighted by Crippen LogP contribution is 2.26. The lowest BCUT2D eigenvalue weighted by atomic mass is 10.2. The van der Waals surface area contributed by atoms with Crippen LogP contribution in [-0.2, 0) is 0 Å². The molecule has 0 unspecified atom stereocenters. The highest BCUT2D eigenvalue weighted by molar-refractivity contribution is 7.99. The van der Waals surface area contributed by atoms with E-state index in [1.807, 2.05) is 24.3 Å². The Labute approximate surface area is 110 Å². The second-order valence-corrected chi connectivity index (χ2v) is 4.90. The second-order valence-electron chi connectivity index (χ2n) is 3.77. The third-order valence-corrected chi connectivity index (χ3v) is 3.58. The summed E-state index contributed by atoms with van der Waals surface area (Å²) in [6.45, 7) is 0.597. The Balaban J connectivity index is 2.41. The molecule has 0 radical (unpaired) electrons. The maximum Gasteiger partial charge on any atom is 0.255 e. The topological polar surface area (TPSA) is 74.0 Å². The Hall–Kier alpha value is -1.72. The van der Waals surface area contributed by atoms with Gasteiger partial charge in [-0.1, -0.05) is 6.07 Å². The number of aromatic nitrogens is 1. The summed E-state index contributed by atoms with van der Waals surface area (Å²) >= 11 is 1.60. The van der Waals surface area contributed by atoms with E-state index in [4.69, 9.17) is 11.5 Å². The summed E-state index contributed by atoms with van der Waals surface area (Å²) in [7, 11) is 0. The molecule has 1 aromatic heterocycles. The third-order valence-electron chi connectivity index (χ3n) is 2.47. The maximum absolute atomic E-state index is 11.7. The number of pyridine rings is 1. The van der Waals surface area contributed by atoms with Gasteiger partial charge in [0, 0.05) is 40.8 Å². The zero-order valence-electron chi connectivity index (χ0n) is 9.87. The summed E-state index contributed by atoms with van der Waals surface area (Å²) in [5, 5.41) is 0. The lowest BCUT2D eigenvalue weighted by Crippen LogP contribution is -2.15. The van der Waals surface area contributed by atoms with Crippen LogP contribution in [0.3, 0.4) is 0 Å². The third kappa shape index (κ3) is 2.75. The summed E-state index contributed by atoms with van der Waals surface area (Å²) in [6, 6.07) is 10.6. The van der Waals surface area contributed by atoms with Gasteiger partial charge in [-0.25, -0.2) is 0 Å². The van der Waals surface area contributed by atoms with Crippen LogP contribution in [0, 0.1) is 0 Å². The lowest BCUT2D eigenvalue weighted by Gasteiger charge is -2.09. The van der Waals surface area contributed by atoms with Crippen molar-refractivity contribution in [3.63, 3.8) is 0 Å². The fourth-order valence-corrected chi connectivity index (χ4v) is 2.38. The van der Waals surface area contributed by atoms with Gasteiger partial charge in [-0.2, -0.15) is 0 Å². The molecule has 0 saturated heterocycles. The van der Waals surface area contributed by atoms with Crippen LogP contribution in [0.1, 0.15) is 0 Å². The van der Waals surface area contributed by atoms with E-state index in [2.05, 4.69) is 0 Å². The van der Waals surface area contributed by atoms with Gasteiger partial charge in [-0.15, -0.1) is 11.8 Å². The molecule has 1 heterocycles. The van der Waals surface area contributed by atoms with Crippen molar-refractivity contribution in [3.05, 3.63) is 52.9 Å². The number of nitrogen functional groups attached to an aromatic ring is 1. The zero-order valence-corrected chi connectivity index (χ0v) is 10.7. The highest BCUT2D eigenvalue weighted by atomic mass is 32.2. The van der Waals surface area contributed by atoms with Gasteiger partial charge in [0.05, 0.1) is 0 Å². The minimum Gasteiger partial charge on any atom is -0.398 e. The first-order valence-electron chi connectivity index (χ1n) is 5.63. The summed E-state index contributed by atoms with van der Waals surface area (Å²) in [6.07, 6.45) is 1.74. The number of hydrogen-bond donors (Lipinski definition) is 2. The van der Waals surface area contributed by atoms with E-state index in [9.17, 15) is 4.79 Å². The average Bonchev–Trinajstić information content (AvgIpc) is 2.39. The molecule has 1 aromatic carbocycles. The van der Waals surface area contributed by atoms with Crippen molar-refractivity contribution in [2.24, 2.45) is 5.73 Å². The fourth-order valence-electron chi connectivity index (χ4n) is 1.61. The molecule has 0 aliphatic rings. The highest BCUT2D eigenvalue weighted by Gasteiger charge is 2.04. The molecule has 2 aromatic rings. The molecule has 0 aliphatic heterocycles. The van der Waals surface area contributed by atoms with Gasteiger partial charge in [0.15, 0.2) is 0 Å². The molecule has 4 N–H and O–H groups in total. The van der Waals surface area contributed by atoms with Gasteiger partial charge in [0.1, 0.15) is 0 Å². The SMILES string of the molecule is NCCSc1cc(-n2ccccc2=O)ccc1N. The number of benzene rings is 1. The molecule has 0 fully saturated rings. The monoisotopic (exact) mass is 261 g/mol. The van der Waals surface area contributed by atoms with Gasteiger partial charge >= 0.3 is 0 Å². The van der Waals surface area contributed by atoms with Crippen molar-refractivity contribution >= 4 is 17.4 Å². The van der Waals surface area contributed by atoms with Crippen molar-refractivity contribution in [3.8, 4) is 5.69 Å². The van der Waals surface area contributed by atoms with Crippen molar-refractivity contribution in [2.75, 3.05) is 18.0 Å². The summed E-state index contributed by atoms with van der Waals surface area (Å²) in [5.74, 6) is 0.803. The molecule has 0 saturated carbocycles.